The Kier molecular flexibility index (Phi) is 4.02. The minimum absolute atomic E-state index is 0.0581. The highest BCUT2D eigenvalue weighted by molar-refractivity contribution is 5.96. The number of hydrogen-bond acceptors (Lipinski definition) is 2. The van der Waals surface area contributed by atoms with Gasteiger partial charge < -0.3 is 5.32 Å². The molecule has 1 amide bonds. The van der Waals surface area contributed by atoms with Gasteiger partial charge in [-0.15, -0.1) is 0 Å². The molecule has 0 saturated heterocycles. The smallest absolute Gasteiger partial charge is 0.241 e. The van der Waals surface area contributed by atoms with E-state index in [1.807, 2.05) is 36.4 Å². The van der Waals surface area contributed by atoms with Gasteiger partial charge in [0.15, 0.2) is 0 Å². The highest BCUT2D eigenvalue weighted by Crippen LogP contribution is 2.23. The molecule has 0 saturated carbocycles. The number of para-hydroxylation sites is 1. The molecule has 3 heteroatoms. The first-order valence-corrected chi connectivity index (χ1v) is 7.44. The molecule has 21 heavy (non-hydrogen) atoms. The molecule has 0 radical (unpaired) electrons. The van der Waals surface area contributed by atoms with Crippen LogP contribution in [-0.2, 0) is 11.2 Å². The van der Waals surface area contributed by atoms with Crippen molar-refractivity contribution >= 4 is 11.6 Å². The Balaban J connectivity index is 1.71. The second-order valence-electron chi connectivity index (χ2n) is 5.54. The third-order valence-corrected chi connectivity index (χ3v) is 4.04. The summed E-state index contributed by atoms with van der Waals surface area (Å²) in [4.78, 5) is 12.4. The van der Waals surface area contributed by atoms with E-state index in [1.54, 1.807) is 0 Å². The van der Waals surface area contributed by atoms with E-state index in [0.29, 0.717) is 0 Å². The van der Waals surface area contributed by atoms with Crippen molar-refractivity contribution in [2.24, 2.45) is 0 Å². The first-order valence-electron chi connectivity index (χ1n) is 7.44. The van der Waals surface area contributed by atoms with Crippen LogP contribution in [0, 0.1) is 0 Å². The minimum Gasteiger partial charge on any atom is -0.324 e. The fourth-order valence-electron chi connectivity index (χ4n) is 2.81. The van der Waals surface area contributed by atoms with Crippen LogP contribution in [0.2, 0.25) is 0 Å². The average Bonchev–Trinajstić information content (AvgIpc) is 2.67. The summed E-state index contributed by atoms with van der Waals surface area (Å²) in [6.45, 7) is 2.10. The summed E-state index contributed by atoms with van der Waals surface area (Å²) in [5.74, 6) is 0.0581. The number of anilines is 1. The number of amides is 1. The number of rotatable bonds is 3. The van der Waals surface area contributed by atoms with Gasteiger partial charge in [0.2, 0.25) is 5.91 Å². The van der Waals surface area contributed by atoms with Crippen LogP contribution < -0.4 is 10.6 Å². The van der Waals surface area contributed by atoms with Gasteiger partial charge in [0.05, 0.1) is 6.04 Å². The van der Waals surface area contributed by atoms with Crippen molar-refractivity contribution in [3.63, 3.8) is 0 Å². The lowest BCUT2D eigenvalue weighted by Crippen LogP contribution is -2.41. The molecule has 0 aliphatic carbocycles. The van der Waals surface area contributed by atoms with Gasteiger partial charge in [-0.25, -0.2) is 0 Å². The quantitative estimate of drug-likeness (QED) is 0.906. The monoisotopic (exact) mass is 280 g/mol. The molecule has 3 rings (SSSR count). The van der Waals surface area contributed by atoms with Crippen LogP contribution in [0.1, 0.15) is 30.5 Å². The zero-order chi connectivity index (χ0) is 14.7. The van der Waals surface area contributed by atoms with Gasteiger partial charge in [0.1, 0.15) is 0 Å². The molecule has 0 bridgehead atoms. The molecule has 108 valence electrons. The SMILES string of the molecule is C[C@H](N[C@@H]1CCc2ccccc2NC1=O)c1ccccc1. The van der Waals surface area contributed by atoms with Crippen LogP contribution >= 0.6 is 0 Å². The predicted octanol–water partition coefficient (Wildman–Crippen LogP) is 3.29. The summed E-state index contributed by atoms with van der Waals surface area (Å²) in [6, 6.07) is 18.2. The lowest BCUT2D eigenvalue weighted by atomic mass is 10.0. The molecular weight excluding hydrogens is 260 g/mol. The van der Waals surface area contributed by atoms with Crippen molar-refractivity contribution < 1.29 is 4.79 Å². The summed E-state index contributed by atoms with van der Waals surface area (Å²) in [5.41, 5.74) is 3.36. The van der Waals surface area contributed by atoms with Gasteiger partial charge in [-0.1, -0.05) is 48.5 Å². The summed E-state index contributed by atoms with van der Waals surface area (Å²) < 4.78 is 0. The van der Waals surface area contributed by atoms with E-state index in [-0.39, 0.29) is 18.0 Å². The van der Waals surface area contributed by atoms with E-state index in [4.69, 9.17) is 0 Å². The van der Waals surface area contributed by atoms with Crippen LogP contribution in [-0.4, -0.2) is 11.9 Å². The van der Waals surface area contributed by atoms with Crippen LogP contribution in [0.15, 0.2) is 54.6 Å². The number of fused-ring (bicyclic) bond motifs is 1. The molecule has 1 aliphatic heterocycles. The van der Waals surface area contributed by atoms with Gasteiger partial charge in [-0.2, -0.15) is 0 Å². The van der Waals surface area contributed by atoms with Crippen molar-refractivity contribution in [2.45, 2.75) is 31.8 Å². The Morgan fingerprint density at radius 2 is 1.81 bits per heavy atom. The fourth-order valence-corrected chi connectivity index (χ4v) is 2.81. The van der Waals surface area contributed by atoms with E-state index in [1.165, 1.54) is 11.1 Å². The predicted molar refractivity (Wildman–Crippen MR) is 85.2 cm³/mol. The fraction of sp³-hybridized carbons (Fsp3) is 0.278. The number of carbonyl (C=O) groups is 1. The highest BCUT2D eigenvalue weighted by Gasteiger charge is 2.24. The Morgan fingerprint density at radius 1 is 1.10 bits per heavy atom. The Hall–Kier alpha value is -2.13. The zero-order valence-electron chi connectivity index (χ0n) is 12.2. The topological polar surface area (TPSA) is 41.1 Å². The standard InChI is InChI=1S/C18H20N2O/c1-13(14-7-3-2-4-8-14)19-17-12-11-15-9-5-6-10-16(15)20-18(17)21/h2-10,13,17,19H,11-12H2,1H3,(H,20,21)/t13-,17+/m0/s1. The van der Waals surface area contributed by atoms with Gasteiger partial charge in [-0.3, -0.25) is 10.1 Å². The number of aryl methyl sites for hydroxylation is 1. The molecule has 1 heterocycles. The van der Waals surface area contributed by atoms with Crippen LogP contribution in [0.5, 0.6) is 0 Å². The summed E-state index contributed by atoms with van der Waals surface area (Å²) in [5, 5.41) is 6.48. The molecule has 2 atom stereocenters. The van der Waals surface area contributed by atoms with E-state index in [2.05, 4.69) is 35.8 Å². The number of carbonyl (C=O) groups excluding carboxylic acids is 1. The Morgan fingerprint density at radius 3 is 2.62 bits per heavy atom. The Labute approximate surface area is 125 Å². The van der Waals surface area contributed by atoms with Crippen molar-refractivity contribution in [2.75, 3.05) is 5.32 Å². The summed E-state index contributed by atoms with van der Waals surface area (Å²) in [7, 11) is 0. The lowest BCUT2D eigenvalue weighted by Gasteiger charge is -2.21. The number of benzene rings is 2. The van der Waals surface area contributed by atoms with E-state index in [0.717, 1.165) is 18.5 Å². The van der Waals surface area contributed by atoms with Crippen LogP contribution in [0.3, 0.4) is 0 Å². The highest BCUT2D eigenvalue weighted by atomic mass is 16.2. The minimum atomic E-state index is -0.160. The largest absolute Gasteiger partial charge is 0.324 e. The van der Waals surface area contributed by atoms with Crippen molar-refractivity contribution in [1.82, 2.24) is 5.32 Å². The van der Waals surface area contributed by atoms with Crippen molar-refractivity contribution in [3.8, 4) is 0 Å². The number of nitrogens with one attached hydrogen (secondary N) is 2. The summed E-state index contributed by atoms with van der Waals surface area (Å²) in [6.07, 6.45) is 1.73. The molecule has 2 N–H and O–H groups in total. The number of hydrogen-bond donors (Lipinski definition) is 2. The Bertz CT molecular complexity index is 624. The van der Waals surface area contributed by atoms with Gasteiger partial charge in [0.25, 0.3) is 0 Å². The summed E-state index contributed by atoms with van der Waals surface area (Å²) >= 11 is 0. The molecule has 2 aromatic rings. The normalized spacial score (nSPS) is 19.3. The molecule has 2 aromatic carbocycles. The molecule has 0 fully saturated rings. The van der Waals surface area contributed by atoms with Gasteiger partial charge in [0, 0.05) is 11.7 Å². The first-order chi connectivity index (χ1) is 10.2. The zero-order valence-corrected chi connectivity index (χ0v) is 12.2. The van der Waals surface area contributed by atoms with Gasteiger partial charge >= 0.3 is 0 Å². The lowest BCUT2D eigenvalue weighted by molar-refractivity contribution is -0.118. The van der Waals surface area contributed by atoms with E-state index < -0.39 is 0 Å². The maximum Gasteiger partial charge on any atom is 0.241 e. The molecular formula is C18H20N2O. The molecule has 1 aliphatic rings. The van der Waals surface area contributed by atoms with Gasteiger partial charge in [-0.05, 0) is 37.0 Å². The van der Waals surface area contributed by atoms with E-state index in [9.17, 15) is 4.79 Å². The second-order valence-corrected chi connectivity index (χ2v) is 5.54. The molecule has 3 nitrogen and oxygen atoms in total. The maximum atomic E-state index is 12.4. The molecule has 0 unspecified atom stereocenters. The third kappa shape index (κ3) is 3.14. The first kappa shape index (κ1) is 13.8. The van der Waals surface area contributed by atoms with Crippen molar-refractivity contribution in [3.05, 3.63) is 65.7 Å². The molecule has 0 spiro atoms. The maximum absolute atomic E-state index is 12.4. The van der Waals surface area contributed by atoms with Crippen LogP contribution in [0.4, 0.5) is 5.69 Å². The van der Waals surface area contributed by atoms with Crippen LogP contribution in [0.25, 0.3) is 0 Å². The van der Waals surface area contributed by atoms with Crippen molar-refractivity contribution in [1.29, 1.82) is 0 Å². The average molecular weight is 280 g/mol. The third-order valence-electron chi connectivity index (χ3n) is 4.04. The molecule has 0 aromatic heterocycles. The second kappa shape index (κ2) is 6.10. The van der Waals surface area contributed by atoms with E-state index >= 15 is 0 Å².